The van der Waals surface area contributed by atoms with Crippen molar-refractivity contribution in [2.24, 2.45) is 0 Å². The fraction of sp³-hybridized carbons (Fsp3) is 0.280. The Balaban J connectivity index is 1.58. The topological polar surface area (TPSA) is 126 Å². The standard InChI is InChI=1S/C25H29N5O5/c1-25(2,14-27-22(31)16-7-6-8-18(11-16)30(3)4)29-24(33)23(32)28-17-9-10-19(20(12-17)34-5)21-13-26-15-35-21/h6-13,15H,14H2,1-5H3,(H,27,31)(H,28,32)(H,29,33). The third kappa shape index (κ3) is 6.59. The molecule has 10 heteroatoms. The molecule has 1 aromatic heterocycles. The number of methoxy groups -OCH3 is 1. The van der Waals surface area contributed by atoms with E-state index in [4.69, 9.17) is 9.15 Å². The average Bonchev–Trinajstić information content (AvgIpc) is 3.37. The lowest BCUT2D eigenvalue weighted by atomic mass is 10.1. The van der Waals surface area contributed by atoms with Gasteiger partial charge in [0.2, 0.25) is 0 Å². The fourth-order valence-corrected chi connectivity index (χ4v) is 3.25. The molecule has 3 rings (SSSR count). The second-order valence-corrected chi connectivity index (χ2v) is 8.70. The lowest BCUT2D eigenvalue weighted by Gasteiger charge is -2.26. The van der Waals surface area contributed by atoms with Crippen LogP contribution in [0.1, 0.15) is 24.2 Å². The summed E-state index contributed by atoms with van der Waals surface area (Å²) in [7, 11) is 5.27. The molecule has 0 atom stereocenters. The van der Waals surface area contributed by atoms with Crippen molar-refractivity contribution in [3.63, 3.8) is 0 Å². The maximum atomic E-state index is 12.6. The van der Waals surface area contributed by atoms with Crippen molar-refractivity contribution < 1.29 is 23.5 Å². The number of aromatic nitrogens is 1. The molecule has 184 valence electrons. The van der Waals surface area contributed by atoms with Gasteiger partial charge in [0.1, 0.15) is 5.75 Å². The number of carbonyl (C=O) groups is 3. The third-order valence-corrected chi connectivity index (χ3v) is 5.13. The van der Waals surface area contributed by atoms with Gasteiger partial charge in [-0.15, -0.1) is 0 Å². The first-order chi connectivity index (χ1) is 16.6. The van der Waals surface area contributed by atoms with Gasteiger partial charge in [0.05, 0.1) is 24.4 Å². The molecule has 3 aromatic rings. The Kier molecular flexibility index (Phi) is 7.75. The number of nitrogens with zero attached hydrogens (tertiary/aromatic N) is 2. The second-order valence-electron chi connectivity index (χ2n) is 8.70. The average molecular weight is 480 g/mol. The summed E-state index contributed by atoms with van der Waals surface area (Å²) in [6.07, 6.45) is 2.85. The minimum atomic E-state index is -0.878. The summed E-state index contributed by atoms with van der Waals surface area (Å²) in [5.41, 5.74) is 1.54. The van der Waals surface area contributed by atoms with Gasteiger partial charge >= 0.3 is 11.8 Å². The lowest BCUT2D eigenvalue weighted by Crippen LogP contribution is -2.54. The number of anilines is 2. The van der Waals surface area contributed by atoms with E-state index in [1.165, 1.54) is 13.5 Å². The minimum Gasteiger partial charge on any atom is -0.496 e. The van der Waals surface area contributed by atoms with Crippen LogP contribution < -0.4 is 25.6 Å². The molecule has 0 fully saturated rings. The number of hydrogen-bond donors (Lipinski definition) is 3. The zero-order valence-electron chi connectivity index (χ0n) is 20.3. The number of benzene rings is 2. The van der Waals surface area contributed by atoms with Crippen molar-refractivity contribution in [3.8, 4) is 17.1 Å². The zero-order chi connectivity index (χ0) is 25.6. The van der Waals surface area contributed by atoms with Crippen LogP contribution in [0.5, 0.6) is 5.75 Å². The summed E-state index contributed by atoms with van der Waals surface area (Å²) in [6, 6.07) is 12.1. The van der Waals surface area contributed by atoms with Crippen molar-refractivity contribution in [2.75, 3.05) is 38.0 Å². The smallest absolute Gasteiger partial charge is 0.313 e. The van der Waals surface area contributed by atoms with Gasteiger partial charge in [0.15, 0.2) is 12.2 Å². The van der Waals surface area contributed by atoms with Crippen molar-refractivity contribution in [1.29, 1.82) is 0 Å². The number of ether oxygens (including phenoxy) is 1. The first kappa shape index (κ1) is 25.3. The molecule has 3 N–H and O–H groups in total. The predicted octanol–water partition coefficient (Wildman–Crippen LogP) is 2.68. The van der Waals surface area contributed by atoms with Gasteiger partial charge in [0, 0.05) is 43.6 Å². The highest BCUT2D eigenvalue weighted by molar-refractivity contribution is 6.39. The summed E-state index contributed by atoms with van der Waals surface area (Å²) in [6.45, 7) is 3.55. The molecule has 0 aliphatic heterocycles. The van der Waals surface area contributed by atoms with Gasteiger partial charge < -0.3 is 30.0 Å². The first-order valence-electron chi connectivity index (χ1n) is 10.9. The van der Waals surface area contributed by atoms with Gasteiger partial charge in [-0.1, -0.05) is 6.07 Å². The molecule has 0 bridgehead atoms. The van der Waals surface area contributed by atoms with Gasteiger partial charge in [0.25, 0.3) is 5.91 Å². The molecule has 0 spiro atoms. The molecular weight excluding hydrogens is 450 g/mol. The number of oxazole rings is 1. The van der Waals surface area contributed by atoms with Crippen LogP contribution in [0.15, 0.2) is 59.5 Å². The van der Waals surface area contributed by atoms with E-state index in [-0.39, 0.29) is 12.5 Å². The van der Waals surface area contributed by atoms with Crippen LogP contribution in [0.2, 0.25) is 0 Å². The summed E-state index contributed by atoms with van der Waals surface area (Å²) >= 11 is 0. The maximum Gasteiger partial charge on any atom is 0.313 e. The van der Waals surface area contributed by atoms with E-state index >= 15 is 0 Å². The molecule has 35 heavy (non-hydrogen) atoms. The maximum absolute atomic E-state index is 12.6. The van der Waals surface area contributed by atoms with Crippen LogP contribution in [0, 0.1) is 0 Å². The van der Waals surface area contributed by atoms with Gasteiger partial charge in [-0.05, 0) is 44.2 Å². The van der Waals surface area contributed by atoms with Crippen LogP contribution in [0.4, 0.5) is 11.4 Å². The monoisotopic (exact) mass is 479 g/mol. The Morgan fingerprint density at radius 2 is 1.86 bits per heavy atom. The Labute approximate surface area is 203 Å². The normalized spacial score (nSPS) is 10.9. The van der Waals surface area contributed by atoms with E-state index in [2.05, 4.69) is 20.9 Å². The van der Waals surface area contributed by atoms with Gasteiger partial charge in [-0.25, -0.2) is 4.98 Å². The summed E-state index contributed by atoms with van der Waals surface area (Å²) in [5, 5.41) is 8.00. The number of nitrogens with one attached hydrogen (secondary N) is 3. The number of carbonyl (C=O) groups excluding carboxylic acids is 3. The Hall–Kier alpha value is -4.34. The predicted molar refractivity (Wildman–Crippen MR) is 132 cm³/mol. The van der Waals surface area contributed by atoms with Crippen molar-refractivity contribution in [1.82, 2.24) is 15.6 Å². The Morgan fingerprint density at radius 1 is 1.09 bits per heavy atom. The van der Waals surface area contributed by atoms with E-state index in [1.807, 2.05) is 25.1 Å². The molecule has 0 aliphatic rings. The molecule has 1 heterocycles. The van der Waals surface area contributed by atoms with Crippen molar-refractivity contribution in [3.05, 3.63) is 60.6 Å². The molecule has 3 amide bonds. The van der Waals surface area contributed by atoms with E-state index in [0.717, 1.165) is 5.69 Å². The molecular formula is C25H29N5O5. The summed E-state index contributed by atoms with van der Waals surface area (Å²) < 4.78 is 10.6. The lowest BCUT2D eigenvalue weighted by molar-refractivity contribution is -0.137. The summed E-state index contributed by atoms with van der Waals surface area (Å²) in [5.74, 6) is -1.01. The van der Waals surface area contributed by atoms with Gasteiger partial charge in [-0.3, -0.25) is 14.4 Å². The number of rotatable bonds is 8. The Morgan fingerprint density at radius 3 is 2.51 bits per heavy atom. The van der Waals surface area contributed by atoms with E-state index in [9.17, 15) is 14.4 Å². The molecule has 10 nitrogen and oxygen atoms in total. The van der Waals surface area contributed by atoms with Crippen LogP contribution >= 0.6 is 0 Å². The van der Waals surface area contributed by atoms with Crippen molar-refractivity contribution >= 4 is 29.1 Å². The van der Waals surface area contributed by atoms with E-state index in [0.29, 0.717) is 28.3 Å². The number of amides is 3. The van der Waals surface area contributed by atoms with E-state index < -0.39 is 17.4 Å². The molecule has 2 aromatic carbocycles. The van der Waals surface area contributed by atoms with Crippen LogP contribution in [-0.4, -0.2) is 56.0 Å². The second kappa shape index (κ2) is 10.7. The molecule has 0 aliphatic carbocycles. The SMILES string of the molecule is COc1cc(NC(=O)C(=O)NC(C)(C)CNC(=O)c2cccc(N(C)C)c2)ccc1-c1cnco1. The number of hydrogen-bond acceptors (Lipinski definition) is 7. The van der Waals surface area contributed by atoms with Crippen LogP contribution in [-0.2, 0) is 9.59 Å². The zero-order valence-corrected chi connectivity index (χ0v) is 20.3. The fourth-order valence-electron chi connectivity index (χ4n) is 3.25. The van der Waals surface area contributed by atoms with Crippen molar-refractivity contribution in [2.45, 2.75) is 19.4 Å². The third-order valence-electron chi connectivity index (χ3n) is 5.13. The largest absolute Gasteiger partial charge is 0.496 e. The van der Waals surface area contributed by atoms with Crippen LogP contribution in [0.3, 0.4) is 0 Å². The molecule has 0 unspecified atom stereocenters. The van der Waals surface area contributed by atoms with Crippen LogP contribution in [0.25, 0.3) is 11.3 Å². The highest BCUT2D eigenvalue weighted by Gasteiger charge is 2.26. The molecule has 0 radical (unpaired) electrons. The minimum absolute atomic E-state index is 0.122. The summed E-state index contributed by atoms with van der Waals surface area (Å²) in [4.78, 5) is 43.3. The van der Waals surface area contributed by atoms with E-state index in [1.54, 1.807) is 56.4 Å². The first-order valence-corrected chi connectivity index (χ1v) is 10.9. The quantitative estimate of drug-likeness (QED) is 0.424. The highest BCUT2D eigenvalue weighted by Crippen LogP contribution is 2.32. The Bertz CT molecular complexity index is 1200. The molecule has 0 saturated carbocycles. The molecule has 0 saturated heterocycles. The van der Waals surface area contributed by atoms with Gasteiger partial charge in [-0.2, -0.15) is 0 Å². The highest BCUT2D eigenvalue weighted by atomic mass is 16.5.